The molecule has 0 aromatic rings. The van der Waals surface area contributed by atoms with Gasteiger partial charge in [-0.25, -0.2) is 0 Å². The molecule has 0 aliphatic rings. The largest absolute Gasteiger partial charge is 0.314 e. The summed E-state index contributed by atoms with van der Waals surface area (Å²) < 4.78 is 0.152. The Morgan fingerprint density at radius 1 is 1.07 bits per heavy atom. The van der Waals surface area contributed by atoms with Crippen molar-refractivity contribution in [2.24, 2.45) is 0 Å². The van der Waals surface area contributed by atoms with Crippen LogP contribution in [0.25, 0.3) is 0 Å². The second-order valence-corrected chi connectivity index (χ2v) is 7.96. The van der Waals surface area contributed by atoms with Crippen LogP contribution >= 0.6 is 25.3 Å². The molecular weight excluding hydrogens is 224 g/mol. The summed E-state index contributed by atoms with van der Waals surface area (Å²) in [6.07, 6.45) is 0. The predicted octanol–water partition coefficient (Wildman–Crippen LogP) is 1.92. The molecule has 0 fully saturated rings. The number of nitrogens with zero attached hydrogens (tertiary/aromatic N) is 1. The molecule has 92 valence electrons. The third kappa shape index (κ3) is 12.6. The van der Waals surface area contributed by atoms with Gasteiger partial charge >= 0.3 is 0 Å². The lowest BCUT2D eigenvalue weighted by molar-refractivity contribution is 0.308. The van der Waals surface area contributed by atoms with E-state index in [0.717, 1.165) is 26.2 Å². The first kappa shape index (κ1) is 15.6. The van der Waals surface area contributed by atoms with E-state index < -0.39 is 0 Å². The van der Waals surface area contributed by atoms with E-state index in [0.29, 0.717) is 0 Å². The molecule has 0 aromatic heterocycles. The fraction of sp³-hybridized carbons (Fsp3) is 1.00. The highest BCUT2D eigenvalue weighted by Gasteiger charge is 2.14. The molecule has 0 unspecified atom stereocenters. The Morgan fingerprint density at radius 3 is 2.00 bits per heavy atom. The molecule has 0 atom stereocenters. The van der Waals surface area contributed by atoms with Crippen LogP contribution in [-0.2, 0) is 0 Å². The SMILES string of the molecule is CN(CCNCC(C)(C)S)CC(C)(C)S. The van der Waals surface area contributed by atoms with E-state index in [4.69, 9.17) is 0 Å². The zero-order valence-corrected chi connectivity index (χ0v) is 12.5. The predicted molar refractivity (Wildman–Crippen MR) is 76.5 cm³/mol. The van der Waals surface area contributed by atoms with Gasteiger partial charge in [-0.1, -0.05) is 0 Å². The van der Waals surface area contributed by atoms with Crippen molar-refractivity contribution >= 4 is 25.3 Å². The minimum atomic E-state index is 0.0708. The van der Waals surface area contributed by atoms with Gasteiger partial charge in [-0.3, -0.25) is 0 Å². The standard InChI is InChI=1S/C11H26N2S2/c1-10(2,14)8-12-6-7-13(5)9-11(3,4)15/h12,14-15H,6-9H2,1-5H3. The van der Waals surface area contributed by atoms with Gasteiger partial charge < -0.3 is 10.2 Å². The first-order valence-electron chi connectivity index (χ1n) is 5.44. The number of hydrogen-bond donors (Lipinski definition) is 3. The lowest BCUT2D eigenvalue weighted by Gasteiger charge is -2.26. The first-order chi connectivity index (χ1) is 6.60. The van der Waals surface area contributed by atoms with Crippen molar-refractivity contribution in [1.29, 1.82) is 0 Å². The summed E-state index contributed by atoms with van der Waals surface area (Å²) in [6.45, 7) is 12.5. The maximum atomic E-state index is 4.51. The van der Waals surface area contributed by atoms with Gasteiger partial charge in [0.1, 0.15) is 0 Å². The van der Waals surface area contributed by atoms with Crippen LogP contribution < -0.4 is 5.32 Å². The topological polar surface area (TPSA) is 15.3 Å². The average molecular weight is 250 g/mol. The highest BCUT2D eigenvalue weighted by atomic mass is 32.1. The summed E-state index contributed by atoms with van der Waals surface area (Å²) >= 11 is 8.97. The highest BCUT2D eigenvalue weighted by Crippen LogP contribution is 2.12. The Labute approximate surface area is 106 Å². The second-order valence-electron chi connectivity index (χ2n) is 5.54. The van der Waals surface area contributed by atoms with Crippen LogP contribution in [0, 0.1) is 0 Å². The number of hydrogen-bond acceptors (Lipinski definition) is 4. The number of likely N-dealkylation sites (N-methyl/N-ethyl adjacent to an activating group) is 1. The normalized spacial score (nSPS) is 13.6. The Kier molecular flexibility index (Phi) is 6.64. The van der Waals surface area contributed by atoms with Gasteiger partial charge in [-0.15, -0.1) is 0 Å². The molecule has 0 aromatic carbocycles. The smallest absolute Gasteiger partial charge is 0.0200 e. The van der Waals surface area contributed by atoms with Crippen LogP contribution in [0.5, 0.6) is 0 Å². The molecule has 0 aliphatic carbocycles. The van der Waals surface area contributed by atoms with Crippen molar-refractivity contribution in [1.82, 2.24) is 10.2 Å². The monoisotopic (exact) mass is 250 g/mol. The van der Waals surface area contributed by atoms with Crippen LogP contribution in [-0.4, -0.2) is 47.6 Å². The Hall–Kier alpha value is 0.620. The molecule has 0 aliphatic heterocycles. The van der Waals surface area contributed by atoms with Gasteiger partial charge in [-0.2, -0.15) is 25.3 Å². The van der Waals surface area contributed by atoms with Gasteiger partial charge in [0.15, 0.2) is 0 Å². The van der Waals surface area contributed by atoms with E-state index in [1.54, 1.807) is 0 Å². The quantitative estimate of drug-likeness (QED) is 0.473. The maximum absolute atomic E-state index is 4.51. The summed E-state index contributed by atoms with van der Waals surface area (Å²) in [6, 6.07) is 0. The van der Waals surface area contributed by atoms with E-state index in [-0.39, 0.29) is 9.49 Å². The Bertz CT molecular complexity index is 170. The molecule has 15 heavy (non-hydrogen) atoms. The number of nitrogens with one attached hydrogen (secondary N) is 1. The summed E-state index contributed by atoms with van der Waals surface area (Å²) in [5.41, 5.74) is 0. The van der Waals surface area contributed by atoms with E-state index in [1.807, 2.05) is 0 Å². The van der Waals surface area contributed by atoms with Crippen molar-refractivity contribution in [3.8, 4) is 0 Å². The van der Waals surface area contributed by atoms with Gasteiger partial charge in [0.2, 0.25) is 0 Å². The molecule has 0 heterocycles. The fourth-order valence-corrected chi connectivity index (χ4v) is 1.76. The van der Waals surface area contributed by atoms with Crippen LogP contribution in [0.15, 0.2) is 0 Å². The van der Waals surface area contributed by atoms with Crippen LogP contribution in [0.2, 0.25) is 0 Å². The lowest BCUT2D eigenvalue weighted by Crippen LogP contribution is -2.39. The summed E-state index contributed by atoms with van der Waals surface area (Å²) in [5, 5.41) is 3.40. The molecule has 0 saturated heterocycles. The number of thiol groups is 2. The third-order valence-electron chi connectivity index (χ3n) is 1.88. The molecular formula is C11H26N2S2. The van der Waals surface area contributed by atoms with Gasteiger partial charge in [0.05, 0.1) is 0 Å². The molecule has 0 radical (unpaired) electrons. The van der Waals surface area contributed by atoms with E-state index in [9.17, 15) is 0 Å². The molecule has 2 nitrogen and oxygen atoms in total. The highest BCUT2D eigenvalue weighted by molar-refractivity contribution is 7.82. The van der Waals surface area contributed by atoms with Crippen molar-refractivity contribution in [2.45, 2.75) is 37.2 Å². The second kappa shape index (κ2) is 6.38. The average Bonchev–Trinajstić information content (AvgIpc) is 1.92. The van der Waals surface area contributed by atoms with E-state index in [1.165, 1.54) is 0 Å². The van der Waals surface area contributed by atoms with E-state index in [2.05, 4.69) is 70.2 Å². The van der Waals surface area contributed by atoms with Crippen molar-refractivity contribution in [2.75, 3.05) is 33.2 Å². The summed E-state index contributed by atoms with van der Waals surface area (Å²) in [5.74, 6) is 0. The first-order valence-corrected chi connectivity index (χ1v) is 6.34. The van der Waals surface area contributed by atoms with Crippen molar-refractivity contribution < 1.29 is 0 Å². The summed E-state index contributed by atoms with van der Waals surface area (Å²) in [7, 11) is 2.13. The molecule has 0 spiro atoms. The van der Waals surface area contributed by atoms with Gasteiger partial charge in [-0.05, 0) is 34.7 Å². The van der Waals surface area contributed by atoms with E-state index >= 15 is 0 Å². The number of rotatable bonds is 7. The van der Waals surface area contributed by atoms with Gasteiger partial charge in [0, 0.05) is 35.7 Å². The van der Waals surface area contributed by atoms with Crippen molar-refractivity contribution in [3.63, 3.8) is 0 Å². The molecule has 0 rings (SSSR count). The summed E-state index contributed by atoms with van der Waals surface area (Å²) in [4.78, 5) is 2.30. The van der Waals surface area contributed by atoms with Gasteiger partial charge in [0.25, 0.3) is 0 Å². The lowest BCUT2D eigenvalue weighted by atomic mass is 10.2. The molecule has 1 N–H and O–H groups in total. The Balaban J connectivity index is 3.52. The maximum Gasteiger partial charge on any atom is 0.0200 e. The zero-order valence-electron chi connectivity index (χ0n) is 10.7. The van der Waals surface area contributed by atoms with Crippen LogP contribution in [0.1, 0.15) is 27.7 Å². The molecule has 4 heteroatoms. The third-order valence-corrected chi connectivity index (χ3v) is 2.18. The molecule has 0 saturated carbocycles. The molecule has 0 amide bonds. The minimum Gasteiger partial charge on any atom is -0.314 e. The van der Waals surface area contributed by atoms with Crippen LogP contribution in [0.4, 0.5) is 0 Å². The van der Waals surface area contributed by atoms with Crippen LogP contribution in [0.3, 0.4) is 0 Å². The minimum absolute atomic E-state index is 0.0708. The molecule has 0 bridgehead atoms. The Morgan fingerprint density at radius 2 is 1.60 bits per heavy atom. The zero-order chi connectivity index (χ0) is 12.1. The van der Waals surface area contributed by atoms with Crippen molar-refractivity contribution in [3.05, 3.63) is 0 Å². The fourth-order valence-electron chi connectivity index (χ4n) is 1.40.